The van der Waals surface area contributed by atoms with Crippen LogP contribution in [0.2, 0.25) is 0 Å². The number of benzene rings is 1. The largest absolute Gasteiger partial charge is 0.324 e. The molecule has 0 aliphatic carbocycles. The van der Waals surface area contributed by atoms with Crippen molar-refractivity contribution in [1.82, 2.24) is 9.97 Å². The summed E-state index contributed by atoms with van der Waals surface area (Å²) in [5.41, 5.74) is 9.14. The van der Waals surface area contributed by atoms with Crippen LogP contribution in [0.25, 0.3) is 0 Å². The Labute approximate surface area is 120 Å². The van der Waals surface area contributed by atoms with Crippen LogP contribution in [0.3, 0.4) is 0 Å². The van der Waals surface area contributed by atoms with Gasteiger partial charge in [0.2, 0.25) is 5.95 Å². The second kappa shape index (κ2) is 5.59. The topological polar surface area (TPSA) is 63.8 Å². The molecular weight excluding hydrogens is 248 g/mol. The van der Waals surface area contributed by atoms with E-state index in [9.17, 15) is 0 Å². The quantitative estimate of drug-likeness (QED) is 0.895. The molecule has 20 heavy (non-hydrogen) atoms. The second-order valence-electron chi connectivity index (χ2n) is 6.08. The van der Waals surface area contributed by atoms with Crippen LogP contribution in [0.15, 0.2) is 36.7 Å². The van der Waals surface area contributed by atoms with E-state index in [0.717, 1.165) is 11.3 Å². The number of anilines is 2. The Morgan fingerprint density at radius 1 is 1.05 bits per heavy atom. The van der Waals surface area contributed by atoms with Gasteiger partial charge in [-0.15, -0.1) is 0 Å². The van der Waals surface area contributed by atoms with Gasteiger partial charge < -0.3 is 11.1 Å². The molecule has 0 radical (unpaired) electrons. The molecule has 1 atom stereocenters. The van der Waals surface area contributed by atoms with E-state index in [2.05, 4.69) is 48.2 Å². The predicted molar refractivity (Wildman–Crippen MR) is 83.1 cm³/mol. The first-order valence-electron chi connectivity index (χ1n) is 6.81. The van der Waals surface area contributed by atoms with Gasteiger partial charge in [0, 0.05) is 29.7 Å². The highest BCUT2D eigenvalue weighted by Crippen LogP contribution is 2.24. The fraction of sp³-hybridized carbons (Fsp3) is 0.375. The molecule has 3 N–H and O–H groups in total. The summed E-state index contributed by atoms with van der Waals surface area (Å²) in [5.74, 6) is 0.581. The maximum Gasteiger partial charge on any atom is 0.227 e. The summed E-state index contributed by atoms with van der Waals surface area (Å²) in [6.07, 6.45) is 3.51. The minimum atomic E-state index is -0.0462. The molecule has 0 saturated heterocycles. The lowest BCUT2D eigenvalue weighted by Crippen LogP contribution is -2.10. The second-order valence-corrected chi connectivity index (χ2v) is 6.08. The van der Waals surface area contributed by atoms with Crippen molar-refractivity contribution < 1.29 is 0 Å². The van der Waals surface area contributed by atoms with Gasteiger partial charge in [-0.1, -0.05) is 32.9 Å². The zero-order valence-electron chi connectivity index (χ0n) is 12.5. The van der Waals surface area contributed by atoms with Gasteiger partial charge in [-0.25, -0.2) is 9.97 Å². The third kappa shape index (κ3) is 3.54. The smallest absolute Gasteiger partial charge is 0.227 e. The van der Waals surface area contributed by atoms with Crippen molar-refractivity contribution in [3.8, 4) is 0 Å². The minimum absolute atomic E-state index is 0.0462. The maximum absolute atomic E-state index is 5.77. The average molecular weight is 270 g/mol. The number of nitrogens with two attached hydrogens (primary N) is 1. The van der Waals surface area contributed by atoms with E-state index in [1.54, 1.807) is 12.4 Å². The van der Waals surface area contributed by atoms with E-state index >= 15 is 0 Å². The van der Waals surface area contributed by atoms with Gasteiger partial charge in [0.1, 0.15) is 0 Å². The highest BCUT2D eigenvalue weighted by Gasteiger charge is 2.12. The van der Waals surface area contributed by atoms with Crippen molar-refractivity contribution in [1.29, 1.82) is 0 Å². The van der Waals surface area contributed by atoms with E-state index in [-0.39, 0.29) is 11.5 Å². The molecule has 106 valence electrons. The van der Waals surface area contributed by atoms with Crippen LogP contribution in [0.1, 0.15) is 44.9 Å². The van der Waals surface area contributed by atoms with Gasteiger partial charge in [0.15, 0.2) is 0 Å². The van der Waals surface area contributed by atoms with E-state index in [0.29, 0.717) is 5.95 Å². The number of nitrogens with zero attached hydrogens (tertiary/aromatic N) is 2. The Kier molecular flexibility index (Phi) is 4.04. The molecule has 1 aromatic heterocycles. The Bertz CT molecular complexity index is 551. The summed E-state index contributed by atoms with van der Waals surface area (Å²) in [6, 6.07) is 8.29. The highest BCUT2D eigenvalue weighted by atomic mass is 15.1. The van der Waals surface area contributed by atoms with Crippen LogP contribution in [0, 0.1) is 0 Å². The van der Waals surface area contributed by atoms with E-state index in [1.807, 2.05) is 19.1 Å². The Balaban J connectivity index is 2.10. The Morgan fingerprint density at radius 3 is 2.05 bits per heavy atom. The number of rotatable bonds is 3. The summed E-state index contributed by atoms with van der Waals surface area (Å²) in [4.78, 5) is 8.53. The Hall–Kier alpha value is -1.94. The van der Waals surface area contributed by atoms with Crippen LogP contribution in [0.4, 0.5) is 11.6 Å². The SMILES string of the molecule is CC(N)c1cnc(Nc2ccc(C(C)(C)C)cc2)nc1. The van der Waals surface area contributed by atoms with Gasteiger partial charge in [-0.2, -0.15) is 0 Å². The maximum atomic E-state index is 5.77. The van der Waals surface area contributed by atoms with Gasteiger partial charge in [0.25, 0.3) is 0 Å². The molecule has 0 spiro atoms. The first-order valence-corrected chi connectivity index (χ1v) is 6.81. The third-order valence-corrected chi connectivity index (χ3v) is 3.20. The molecule has 0 aliphatic rings. The molecule has 0 aliphatic heterocycles. The predicted octanol–water partition coefficient (Wildman–Crippen LogP) is 3.54. The normalized spacial score (nSPS) is 13.1. The van der Waals surface area contributed by atoms with Crippen LogP contribution in [0.5, 0.6) is 0 Å². The first-order chi connectivity index (χ1) is 9.36. The number of hydrogen-bond acceptors (Lipinski definition) is 4. The molecule has 0 fully saturated rings. The average Bonchev–Trinajstić information content (AvgIpc) is 2.39. The summed E-state index contributed by atoms with van der Waals surface area (Å²) in [7, 11) is 0. The number of nitrogens with one attached hydrogen (secondary N) is 1. The van der Waals surface area contributed by atoms with E-state index < -0.39 is 0 Å². The summed E-state index contributed by atoms with van der Waals surface area (Å²) in [5, 5.41) is 3.19. The minimum Gasteiger partial charge on any atom is -0.324 e. The standard InChI is InChI=1S/C16H22N4/c1-11(17)12-9-18-15(19-10-12)20-14-7-5-13(6-8-14)16(2,3)4/h5-11H,17H2,1-4H3,(H,18,19,20). The van der Waals surface area contributed by atoms with Gasteiger partial charge in [-0.3, -0.25) is 0 Å². The lowest BCUT2D eigenvalue weighted by Gasteiger charge is -2.19. The molecule has 1 unspecified atom stereocenters. The Morgan fingerprint density at radius 2 is 1.60 bits per heavy atom. The van der Waals surface area contributed by atoms with Crippen LogP contribution in [-0.2, 0) is 5.41 Å². The van der Waals surface area contributed by atoms with Gasteiger partial charge in [0.05, 0.1) is 0 Å². The third-order valence-electron chi connectivity index (χ3n) is 3.20. The lowest BCUT2D eigenvalue weighted by molar-refractivity contribution is 0.590. The fourth-order valence-electron chi connectivity index (χ4n) is 1.82. The van der Waals surface area contributed by atoms with Crippen molar-refractivity contribution in [2.45, 2.75) is 39.2 Å². The molecular formula is C16H22N4. The molecule has 2 rings (SSSR count). The fourth-order valence-corrected chi connectivity index (χ4v) is 1.82. The van der Waals surface area contributed by atoms with E-state index in [4.69, 9.17) is 5.73 Å². The van der Waals surface area contributed by atoms with Crippen LogP contribution >= 0.6 is 0 Å². The number of hydrogen-bond donors (Lipinski definition) is 2. The van der Waals surface area contributed by atoms with Crippen molar-refractivity contribution in [3.63, 3.8) is 0 Å². The monoisotopic (exact) mass is 270 g/mol. The molecule has 2 aromatic rings. The molecule has 1 heterocycles. The highest BCUT2D eigenvalue weighted by molar-refractivity contribution is 5.54. The molecule has 0 amide bonds. The van der Waals surface area contributed by atoms with Crippen LogP contribution < -0.4 is 11.1 Å². The molecule has 0 bridgehead atoms. The molecule has 0 saturated carbocycles. The zero-order chi connectivity index (χ0) is 14.8. The number of aromatic nitrogens is 2. The van der Waals surface area contributed by atoms with Crippen molar-refractivity contribution >= 4 is 11.6 Å². The summed E-state index contributed by atoms with van der Waals surface area (Å²) < 4.78 is 0. The molecule has 4 heteroatoms. The lowest BCUT2D eigenvalue weighted by atomic mass is 9.87. The first kappa shape index (κ1) is 14.5. The summed E-state index contributed by atoms with van der Waals surface area (Å²) in [6.45, 7) is 8.51. The zero-order valence-corrected chi connectivity index (χ0v) is 12.5. The van der Waals surface area contributed by atoms with Crippen molar-refractivity contribution in [2.24, 2.45) is 5.73 Å². The van der Waals surface area contributed by atoms with E-state index in [1.165, 1.54) is 5.56 Å². The molecule has 4 nitrogen and oxygen atoms in total. The van der Waals surface area contributed by atoms with Crippen LogP contribution in [-0.4, -0.2) is 9.97 Å². The van der Waals surface area contributed by atoms with Crippen molar-refractivity contribution in [2.75, 3.05) is 5.32 Å². The molecule has 1 aromatic carbocycles. The van der Waals surface area contributed by atoms with Gasteiger partial charge in [-0.05, 0) is 30.0 Å². The summed E-state index contributed by atoms with van der Waals surface area (Å²) >= 11 is 0. The van der Waals surface area contributed by atoms with Crippen molar-refractivity contribution in [3.05, 3.63) is 47.8 Å². The van der Waals surface area contributed by atoms with Gasteiger partial charge >= 0.3 is 0 Å².